The van der Waals surface area contributed by atoms with Gasteiger partial charge in [-0.05, 0) is 17.7 Å². The number of carboxylic acid groups (broad SMARTS) is 1. The van der Waals surface area contributed by atoms with Crippen molar-refractivity contribution in [3.05, 3.63) is 35.9 Å². The van der Waals surface area contributed by atoms with Crippen LogP contribution in [0.1, 0.15) is 31.2 Å². The highest BCUT2D eigenvalue weighted by Gasteiger charge is 2.18. The summed E-state index contributed by atoms with van der Waals surface area (Å²) >= 11 is 1.73. The predicted octanol–water partition coefficient (Wildman–Crippen LogP) is 3.39. The molecule has 0 fully saturated rings. The Morgan fingerprint density at radius 2 is 2.06 bits per heavy atom. The highest BCUT2D eigenvalue weighted by Crippen LogP contribution is 2.21. The van der Waals surface area contributed by atoms with Gasteiger partial charge in [-0.25, -0.2) is 0 Å². The van der Waals surface area contributed by atoms with Gasteiger partial charge in [0, 0.05) is 5.75 Å². The number of benzene rings is 1. The fourth-order valence-electron chi connectivity index (χ4n) is 1.44. The van der Waals surface area contributed by atoms with Crippen molar-refractivity contribution in [3.8, 4) is 0 Å². The minimum Gasteiger partial charge on any atom is -0.481 e. The van der Waals surface area contributed by atoms with Gasteiger partial charge in [-0.2, -0.15) is 11.8 Å². The molecule has 1 N–H and O–H groups in total. The molecule has 88 valence electrons. The van der Waals surface area contributed by atoms with Gasteiger partial charge in [0.05, 0.1) is 5.92 Å². The number of hydrogen-bond acceptors (Lipinski definition) is 2. The number of carbonyl (C=O) groups is 1. The topological polar surface area (TPSA) is 37.3 Å². The van der Waals surface area contributed by atoms with E-state index >= 15 is 0 Å². The van der Waals surface area contributed by atoms with Crippen LogP contribution in [0.4, 0.5) is 0 Å². The molecular formula is C13H18O2S. The second-order valence-corrected chi connectivity index (χ2v) is 4.88. The van der Waals surface area contributed by atoms with Gasteiger partial charge in [0.1, 0.15) is 0 Å². The zero-order valence-electron chi connectivity index (χ0n) is 9.56. The molecule has 1 atom stereocenters. The SMILES string of the molecule is CCCCSCC(C(=O)O)c1ccccc1. The van der Waals surface area contributed by atoms with Crippen LogP contribution in [-0.2, 0) is 4.79 Å². The molecule has 0 saturated heterocycles. The minimum atomic E-state index is -0.727. The van der Waals surface area contributed by atoms with Gasteiger partial charge in [-0.1, -0.05) is 43.7 Å². The van der Waals surface area contributed by atoms with Gasteiger partial charge in [0.15, 0.2) is 0 Å². The first-order valence-electron chi connectivity index (χ1n) is 5.61. The van der Waals surface area contributed by atoms with Gasteiger partial charge in [-0.15, -0.1) is 0 Å². The lowest BCUT2D eigenvalue weighted by atomic mass is 10.0. The molecule has 0 bridgehead atoms. The summed E-state index contributed by atoms with van der Waals surface area (Å²) in [5, 5.41) is 9.17. The van der Waals surface area contributed by atoms with Crippen LogP contribution in [-0.4, -0.2) is 22.6 Å². The summed E-state index contributed by atoms with van der Waals surface area (Å²) < 4.78 is 0. The van der Waals surface area contributed by atoms with Gasteiger partial charge in [0.2, 0.25) is 0 Å². The van der Waals surface area contributed by atoms with Crippen molar-refractivity contribution in [2.75, 3.05) is 11.5 Å². The van der Waals surface area contributed by atoms with E-state index in [1.54, 1.807) is 11.8 Å². The van der Waals surface area contributed by atoms with Crippen LogP contribution in [0.2, 0.25) is 0 Å². The standard InChI is InChI=1S/C13H18O2S/c1-2-3-9-16-10-12(13(14)15)11-7-5-4-6-8-11/h4-8,12H,2-3,9-10H2,1H3,(H,14,15). The molecule has 2 nitrogen and oxygen atoms in total. The highest BCUT2D eigenvalue weighted by molar-refractivity contribution is 7.99. The van der Waals surface area contributed by atoms with Gasteiger partial charge in [0.25, 0.3) is 0 Å². The number of aliphatic carboxylic acids is 1. The summed E-state index contributed by atoms with van der Waals surface area (Å²) in [6.07, 6.45) is 2.32. The molecule has 0 saturated carbocycles. The lowest BCUT2D eigenvalue weighted by Gasteiger charge is -2.11. The van der Waals surface area contributed by atoms with Crippen molar-refractivity contribution in [2.24, 2.45) is 0 Å². The molecule has 0 radical (unpaired) electrons. The largest absolute Gasteiger partial charge is 0.481 e. The van der Waals surface area contributed by atoms with E-state index in [1.165, 1.54) is 0 Å². The van der Waals surface area contributed by atoms with Crippen LogP contribution in [0.3, 0.4) is 0 Å². The molecule has 1 aromatic rings. The average Bonchev–Trinajstić information content (AvgIpc) is 2.30. The number of carboxylic acids is 1. The summed E-state index contributed by atoms with van der Waals surface area (Å²) in [5.41, 5.74) is 0.902. The first kappa shape index (κ1) is 13.1. The van der Waals surface area contributed by atoms with E-state index in [9.17, 15) is 4.79 Å². The molecule has 0 spiro atoms. The summed E-state index contributed by atoms with van der Waals surface area (Å²) in [5.74, 6) is 0.616. The average molecular weight is 238 g/mol. The maximum atomic E-state index is 11.2. The van der Waals surface area contributed by atoms with Crippen LogP contribution in [0, 0.1) is 0 Å². The Bertz CT molecular complexity index is 311. The van der Waals surface area contributed by atoms with E-state index in [0.29, 0.717) is 5.75 Å². The fraction of sp³-hybridized carbons (Fsp3) is 0.462. The third-order valence-corrected chi connectivity index (χ3v) is 3.57. The quantitative estimate of drug-likeness (QED) is 0.740. The van der Waals surface area contributed by atoms with E-state index in [2.05, 4.69) is 6.92 Å². The van der Waals surface area contributed by atoms with E-state index in [4.69, 9.17) is 5.11 Å². The Morgan fingerprint density at radius 1 is 1.38 bits per heavy atom. The lowest BCUT2D eigenvalue weighted by molar-refractivity contribution is -0.138. The van der Waals surface area contributed by atoms with E-state index < -0.39 is 5.97 Å². The van der Waals surface area contributed by atoms with E-state index in [-0.39, 0.29) is 5.92 Å². The first-order valence-corrected chi connectivity index (χ1v) is 6.76. The number of hydrogen-bond donors (Lipinski definition) is 1. The Kier molecular flexibility index (Phi) is 6.01. The summed E-state index contributed by atoms with van der Waals surface area (Å²) in [4.78, 5) is 11.2. The molecule has 3 heteroatoms. The van der Waals surface area contributed by atoms with Crippen molar-refractivity contribution < 1.29 is 9.90 Å². The smallest absolute Gasteiger partial charge is 0.311 e. The van der Waals surface area contributed by atoms with Crippen LogP contribution < -0.4 is 0 Å². The molecule has 0 aromatic heterocycles. The zero-order valence-corrected chi connectivity index (χ0v) is 10.4. The highest BCUT2D eigenvalue weighted by atomic mass is 32.2. The van der Waals surface area contributed by atoms with Crippen LogP contribution in [0.5, 0.6) is 0 Å². The first-order chi connectivity index (χ1) is 7.75. The van der Waals surface area contributed by atoms with Crippen molar-refractivity contribution in [1.82, 2.24) is 0 Å². The lowest BCUT2D eigenvalue weighted by Crippen LogP contribution is -2.14. The van der Waals surface area contributed by atoms with Crippen molar-refractivity contribution in [1.29, 1.82) is 0 Å². The van der Waals surface area contributed by atoms with Crippen LogP contribution >= 0.6 is 11.8 Å². The third-order valence-electron chi connectivity index (χ3n) is 2.43. The second-order valence-electron chi connectivity index (χ2n) is 3.73. The summed E-state index contributed by atoms with van der Waals surface area (Å²) in [7, 11) is 0. The molecule has 1 rings (SSSR count). The Hall–Kier alpha value is -0.960. The van der Waals surface area contributed by atoms with Crippen molar-refractivity contribution in [2.45, 2.75) is 25.7 Å². The summed E-state index contributed by atoms with van der Waals surface area (Å²) in [6.45, 7) is 2.15. The maximum absolute atomic E-state index is 11.2. The zero-order chi connectivity index (χ0) is 11.8. The molecule has 1 aromatic carbocycles. The van der Waals surface area contributed by atoms with E-state index in [0.717, 1.165) is 24.2 Å². The molecular weight excluding hydrogens is 220 g/mol. The normalized spacial score (nSPS) is 12.3. The van der Waals surface area contributed by atoms with Crippen molar-refractivity contribution in [3.63, 3.8) is 0 Å². The van der Waals surface area contributed by atoms with E-state index in [1.807, 2.05) is 30.3 Å². The molecule has 1 unspecified atom stereocenters. The number of thioether (sulfide) groups is 1. The fourth-order valence-corrected chi connectivity index (χ4v) is 2.67. The van der Waals surface area contributed by atoms with Crippen LogP contribution in [0.15, 0.2) is 30.3 Å². The molecule has 0 amide bonds. The monoisotopic (exact) mass is 238 g/mol. The third kappa shape index (κ3) is 4.27. The van der Waals surface area contributed by atoms with Gasteiger partial charge in [-0.3, -0.25) is 4.79 Å². The van der Waals surface area contributed by atoms with Gasteiger partial charge < -0.3 is 5.11 Å². The molecule has 0 aliphatic carbocycles. The molecule has 0 aliphatic heterocycles. The Balaban J connectivity index is 2.52. The number of unbranched alkanes of at least 4 members (excludes halogenated alkanes) is 1. The minimum absolute atomic E-state index is 0.372. The van der Waals surface area contributed by atoms with Gasteiger partial charge >= 0.3 is 5.97 Å². The Morgan fingerprint density at radius 3 is 2.62 bits per heavy atom. The van der Waals surface area contributed by atoms with Crippen molar-refractivity contribution >= 4 is 17.7 Å². The Labute approximate surface area is 101 Å². The summed E-state index contributed by atoms with van der Waals surface area (Å²) in [6, 6.07) is 9.47. The van der Waals surface area contributed by atoms with Crippen LogP contribution in [0.25, 0.3) is 0 Å². The maximum Gasteiger partial charge on any atom is 0.311 e. The molecule has 0 heterocycles. The molecule has 16 heavy (non-hydrogen) atoms. The predicted molar refractivity (Wildman–Crippen MR) is 69.1 cm³/mol. The second kappa shape index (κ2) is 7.34. The molecule has 0 aliphatic rings. The number of rotatable bonds is 7.